The van der Waals surface area contributed by atoms with Crippen LogP contribution in [0.4, 0.5) is 0 Å². The number of aromatic carboxylic acids is 1. The Hall–Kier alpha value is -3.35. The fraction of sp³-hybridized carbons (Fsp3) is 0.423. The highest BCUT2D eigenvalue weighted by Gasteiger charge is 2.37. The number of carbonyl (C=O) groups excluding carboxylic acids is 1. The SMILES string of the molecule is CCOc1ccc(C2=NN(C(=O)c3ccc(C(=O)O)cc3)CC3CCCCC23)cc1OCC. The van der Waals surface area contributed by atoms with E-state index in [-0.39, 0.29) is 11.5 Å². The Morgan fingerprint density at radius 1 is 0.970 bits per heavy atom. The second-order valence-corrected chi connectivity index (χ2v) is 8.43. The van der Waals surface area contributed by atoms with E-state index in [4.69, 9.17) is 19.7 Å². The molecule has 1 aliphatic heterocycles. The summed E-state index contributed by atoms with van der Waals surface area (Å²) in [7, 11) is 0. The van der Waals surface area contributed by atoms with Crippen LogP contribution in [0.2, 0.25) is 0 Å². The monoisotopic (exact) mass is 450 g/mol. The van der Waals surface area contributed by atoms with Crippen LogP contribution in [-0.2, 0) is 0 Å². The minimum absolute atomic E-state index is 0.152. The normalized spacial score (nSPS) is 19.9. The molecule has 1 N–H and O–H groups in total. The molecule has 33 heavy (non-hydrogen) atoms. The molecule has 2 aromatic rings. The Morgan fingerprint density at radius 3 is 2.33 bits per heavy atom. The van der Waals surface area contributed by atoms with Gasteiger partial charge in [0.1, 0.15) is 0 Å². The molecule has 7 heteroatoms. The van der Waals surface area contributed by atoms with Gasteiger partial charge in [0.2, 0.25) is 0 Å². The number of amides is 1. The molecule has 1 heterocycles. The van der Waals surface area contributed by atoms with Crippen LogP contribution >= 0.6 is 0 Å². The summed E-state index contributed by atoms with van der Waals surface area (Å²) < 4.78 is 11.5. The molecule has 0 aromatic heterocycles. The van der Waals surface area contributed by atoms with Gasteiger partial charge >= 0.3 is 5.97 Å². The standard InChI is InChI=1S/C26H30N2O5/c1-3-32-22-14-13-19(15-23(22)33-4-2)24-21-8-6-5-7-20(21)16-28(27-24)25(29)17-9-11-18(12-10-17)26(30)31/h9-15,20-21H,3-8,16H2,1-2H3,(H,30,31). The summed E-state index contributed by atoms with van der Waals surface area (Å²) in [5.74, 6) is 0.786. The van der Waals surface area contributed by atoms with Crippen LogP contribution in [0.15, 0.2) is 47.6 Å². The van der Waals surface area contributed by atoms with Gasteiger partial charge in [-0.05, 0) is 75.1 Å². The first-order valence-corrected chi connectivity index (χ1v) is 11.7. The fourth-order valence-corrected chi connectivity index (χ4v) is 4.77. The molecule has 0 saturated heterocycles. The lowest BCUT2D eigenvalue weighted by Gasteiger charge is -2.39. The van der Waals surface area contributed by atoms with E-state index in [1.165, 1.54) is 12.1 Å². The van der Waals surface area contributed by atoms with Crippen molar-refractivity contribution in [3.63, 3.8) is 0 Å². The van der Waals surface area contributed by atoms with Gasteiger partial charge in [-0.1, -0.05) is 12.8 Å². The summed E-state index contributed by atoms with van der Waals surface area (Å²) in [6, 6.07) is 11.9. The van der Waals surface area contributed by atoms with E-state index in [0.29, 0.717) is 48.7 Å². The first-order chi connectivity index (χ1) is 16.0. The largest absolute Gasteiger partial charge is 0.490 e. The number of carboxylic acids is 1. The first-order valence-electron chi connectivity index (χ1n) is 11.7. The van der Waals surface area contributed by atoms with Gasteiger partial charge in [-0.25, -0.2) is 9.80 Å². The van der Waals surface area contributed by atoms with Gasteiger partial charge in [0.25, 0.3) is 5.91 Å². The zero-order valence-corrected chi connectivity index (χ0v) is 19.1. The van der Waals surface area contributed by atoms with Gasteiger partial charge in [-0.2, -0.15) is 5.10 Å². The molecule has 2 aromatic carbocycles. The third kappa shape index (κ3) is 4.87. The number of fused-ring (bicyclic) bond motifs is 1. The Bertz CT molecular complexity index is 1050. The zero-order valence-electron chi connectivity index (χ0n) is 19.1. The lowest BCUT2D eigenvalue weighted by atomic mass is 9.74. The zero-order chi connectivity index (χ0) is 23.4. The molecule has 7 nitrogen and oxygen atoms in total. The molecule has 2 aliphatic rings. The first kappa shape index (κ1) is 22.8. The van der Waals surface area contributed by atoms with Crippen molar-refractivity contribution in [3.05, 3.63) is 59.2 Å². The number of hydrazone groups is 1. The second-order valence-electron chi connectivity index (χ2n) is 8.43. The third-order valence-electron chi connectivity index (χ3n) is 6.35. The van der Waals surface area contributed by atoms with Crippen LogP contribution in [0.1, 0.15) is 65.8 Å². The third-order valence-corrected chi connectivity index (χ3v) is 6.35. The summed E-state index contributed by atoms with van der Waals surface area (Å²) in [5, 5.41) is 15.5. The predicted octanol–water partition coefficient (Wildman–Crippen LogP) is 4.85. The minimum Gasteiger partial charge on any atom is -0.490 e. The molecule has 0 bridgehead atoms. The summed E-state index contributed by atoms with van der Waals surface area (Å²) in [6.45, 7) is 5.53. The summed E-state index contributed by atoms with van der Waals surface area (Å²) in [4.78, 5) is 24.4. The number of nitrogens with zero attached hydrogens (tertiary/aromatic N) is 2. The average Bonchev–Trinajstić information content (AvgIpc) is 2.84. The van der Waals surface area contributed by atoms with Gasteiger partial charge in [-0.15, -0.1) is 0 Å². The van der Waals surface area contributed by atoms with Gasteiger partial charge in [0.05, 0.1) is 24.5 Å². The Balaban J connectivity index is 1.69. The second kappa shape index (κ2) is 10.1. The number of benzene rings is 2. The molecular formula is C26H30N2O5. The molecule has 1 saturated carbocycles. The number of rotatable bonds is 7. The molecule has 1 amide bonds. The van der Waals surface area contributed by atoms with E-state index >= 15 is 0 Å². The van der Waals surface area contributed by atoms with E-state index < -0.39 is 5.97 Å². The molecule has 1 aliphatic carbocycles. The smallest absolute Gasteiger partial charge is 0.335 e. The van der Waals surface area contributed by atoms with Crippen LogP contribution in [0, 0.1) is 11.8 Å². The van der Waals surface area contributed by atoms with Crippen LogP contribution in [-0.4, -0.2) is 47.5 Å². The Labute approximate surface area is 194 Å². The maximum Gasteiger partial charge on any atom is 0.335 e. The average molecular weight is 451 g/mol. The molecule has 1 fully saturated rings. The number of ether oxygens (including phenoxy) is 2. The minimum atomic E-state index is -1.02. The lowest BCUT2D eigenvalue weighted by Crippen LogP contribution is -2.44. The van der Waals surface area contributed by atoms with Gasteiger partial charge in [-0.3, -0.25) is 4.79 Å². The molecule has 0 spiro atoms. The number of hydrogen-bond donors (Lipinski definition) is 1. The highest BCUT2D eigenvalue weighted by molar-refractivity contribution is 6.05. The molecule has 174 valence electrons. The van der Waals surface area contributed by atoms with Crippen LogP contribution in [0.5, 0.6) is 11.5 Å². The highest BCUT2D eigenvalue weighted by Crippen LogP contribution is 2.38. The van der Waals surface area contributed by atoms with E-state index in [0.717, 1.165) is 37.0 Å². The molecular weight excluding hydrogens is 420 g/mol. The quantitative estimate of drug-likeness (QED) is 0.652. The topological polar surface area (TPSA) is 88.4 Å². The van der Waals surface area contributed by atoms with Gasteiger partial charge in [0.15, 0.2) is 11.5 Å². The summed E-state index contributed by atoms with van der Waals surface area (Å²) >= 11 is 0. The van der Waals surface area contributed by atoms with Crippen molar-refractivity contribution < 1.29 is 24.2 Å². The number of carbonyl (C=O) groups is 2. The van der Waals surface area contributed by atoms with Crippen molar-refractivity contribution in [1.82, 2.24) is 5.01 Å². The van der Waals surface area contributed by atoms with Crippen LogP contribution in [0.3, 0.4) is 0 Å². The van der Waals surface area contributed by atoms with Gasteiger partial charge < -0.3 is 14.6 Å². The van der Waals surface area contributed by atoms with E-state index in [1.807, 2.05) is 32.0 Å². The van der Waals surface area contributed by atoms with E-state index in [2.05, 4.69) is 0 Å². The molecule has 0 radical (unpaired) electrons. The van der Waals surface area contributed by atoms with Crippen molar-refractivity contribution in [3.8, 4) is 11.5 Å². The van der Waals surface area contributed by atoms with Crippen molar-refractivity contribution in [2.24, 2.45) is 16.9 Å². The number of carboxylic acid groups (broad SMARTS) is 1. The Kier molecular flexibility index (Phi) is 6.96. The highest BCUT2D eigenvalue weighted by atomic mass is 16.5. The van der Waals surface area contributed by atoms with E-state index in [1.54, 1.807) is 17.1 Å². The predicted molar refractivity (Wildman–Crippen MR) is 125 cm³/mol. The summed E-state index contributed by atoms with van der Waals surface area (Å²) in [6.07, 6.45) is 4.41. The van der Waals surface area contributed by atoms with Crippen molar-refractivity contribution in [2.75, 3.05) is 19.8 Å². The van der Waals surface area contributed by atoms with Crippen LogP contribution in [0.25, 0.3) is 0 Å². The fourth-order valence-electron chi connectivity index (χ4n) is 4.77. The van der Waals surface area contributed by atoms with Crippen molar-refractivity contribution in [2.45, 2.75) is 39.5 Å². The van der Waals surface area contributed by atoms with Crippen LogP contribution < -0.4 is 9.47 Å². The summed E-state index contributed by atoms with van der Waals surface area (Å²) in [5.41, 5.74) is 2.43. The Morgan fingerprint density at radius 2 is 1.64 bits per heavy atom. The number of hydrogen-bond acceptors (Lipinski definition) is 5. The molecule has 2 atom stereocenters. The molecule has 4 rings (SSSR count). The maximum atomic E-state index is 13.3. The lowest BCUT2D eigenvalue weighted by molar-refractivity contribution is 0.0670. The van der Waals surface area contributed by atoms with Crippen molar-refractivity contribution >= 4 is 17.6 Å². The maximum absolute atomic E-state index is 13.3. The molecule has 2 unspecified atom stereocenters. The van der Waals surface area contributed by atoms with E-state index in [9.17, 15) is 9.59 Å². The van der Waals surface area contributed by atoms with Gasteiger partial charge in [0, 0.05) is 23.6 Å². The van der Waals surface area contributed by atoms with Crippen molar-refractivity contribution in [1.29, 1.82) is 0 Å².